The van der Waals surface area contributed by atoms with Gasteiger partial charge in [0.15, 0.2) is 11.6 Å². The number of nitrogens with two attached hydrogens (primary N) is 1. The molecule has 136 valence electrons. The Morgan fingerprint density at radius 2 is 1.52 bits per heavy atom. The Kier molecular flexibility index (Phi) is 3.56. The normalized spacial score (nSPS) is 19.1. The second-order valence-corrected chi connectivity index (χ2v) is 6.59. The van der Waals surface area contributed by atoms with Gasteiger partial charge in [-0.25, -0.2) is 0 Å². The summed E-state index contributed by atoms with van der Waals surface area (Å²) in [6.07, 6.45) is 0.154. The van der Waals surface area contributed by atoms with Crippen LogP contribution in [0.25, 0.3) is 0 Å². The molecule has 2 aromatic carbocycles. The molecule has 5 N–H and O–H groups in total. The quantitative estimate of drug-likeness (QED) is 0.568. The lowest BCUT2D eigenvalue weighted by Crippen LogP contribution is -2.31. The molecule has 27 heavy (non-hydrogen) atoms. The van der Waals surface area contributed by atoms with E-state index >= 15 is 0 Å². The van der Waals surface area contributed by atoms with E-state index in [0.29, 0.717) is 0 Å². The lowest BCUT2D eigenvalue weighted by Gasteiger charge is -2.30. The summed E-state index contributed by atoms with van der Waals surface area (Å²) in [5.74, 6) is -3.38. The number of fused-ring (bicyclic) bond motifs is 2. The number of carbonyl (C=O) groups is 3. The van der Waals surface area contributed by atoms with Gasteiger partial charge in [0, 0.05) is 29.0 Å². The molecule has 0 aromatic heterocycles. The SMILES string of the molecule is NC1=C(C2CCC(=O)c3c(O)ccc(O)c32)C(=O)c2c(O)cccc2C1=O. The molecular formula is C20H15NO6. The Bertz CT molecular complexity index is 1080. The molecule has 0 amide bonds. The highest BCUT2D eigenvalue weighted by Crippen LogP contribution is 2.47. The van der Waals surface area contributed by atoms with E-state index in [-0.39, 0.29) is 69.4 Å². The number of aromatic hydroxyl groups is 3. The topological polar surface area (TPSA) is 138 Å². The number of allylic oxidation sites excluding steroid dienone is 2. The summed E-state index contributed by atoms with van der Waals surface area (Å²) in [5.41, 5.74) is 5.48. The zero-order chi connectivity index (χ0) is 19.5. The van der Waals surface area contributed by atoms with Crippen molar-refractivity contribution in [2.24, 2.45) is 5.73 Å². The zero-order valence-electron chi connectivity index (χ0n) is 14.0. The van der Waals surface area contributed by atoms with Gasteiger partial charge in [0.25, 0.3) is 0 Å². The molecule has 0 saturated carbocycles. The summed E-state index contributed by atoms with van der Waals surface area (Å²) in [6, 6.07) is 6.56. The minimum Gasteiger partial charge on any atom is -0.508 e. The first-order valence-electron chi connectivity index (χ1n) is 8.32. The average Bonchev–Trinajstić information content (AvgIpc) is 2.64. The number of benzene rings is 2. The summed E-state index contributed by atoms with van der Waals surface area (Å²) < 4.78 is 0. The Morgan fingerprint density at radius 1 is 0.852 bits per heavy atom. The molecule has 4 rings (SSSR count). The maximum Gasteiger partial charge on any atom is 0.209 e. The van der Waals surface area contributed by atoms with Crippen molar-refractivity contribution in [3.05, 3.63) is 63.9 Å². The lowest BCUT2D eigenvalue weighted by atomic mass is 9.72. The number of phenolic OH excluding ortho intramolecular Hbond substituents is 3. The van der Waals surface area contributed by atoms with Gasteiger partial charge < -0.3 is 21.1 Å². The predicted molar refractivity (Wildman–Crippen MR) is 94.1 cm³/mol. The molecule has 0 heterocycles. The fourth-order valence-corrected chi connectivity index (χ4v) is 3.91. The standard InChI is InChI=1S/C20H15NO6/c21-18-16(20(27)15-9(19(18)26)2-1-3-10(15)22)8-4-5-12(24)17-13(25)7-6-11(23)14(8)17/h1-3,6-8,22-23,25H,4-5,21H2. The van der Waals surface area contributed by atoms with Crippen molar-refractivity contribution in [1.29, 1.82) is 0 Å². The molecule has 1 unspecified atom stereocenters. The predicted octanol–water partition coefficient (Wildman–Crippen LogP) is 2.16. The second-order valence-electron chi connectivity index (χ2n) is 6.59. The van der Waals surface area contributed by atoms with Gasteiger partial charge in [-0.3, -0.25) is 14.4 Å². The number of hydrogen-bond acceptors (Lipinski definition) is 7. The number of rotatable bonds is 1. The summed E-state index contributed by atoms with van der Waals surface area (Å²) in [6.45, 7) is 0. The molecule has 2 aliphatic carbocycles. The molecule has 0 radical (unpaired) electrons. The van der Waals surface area contributed by atoms with Crippen molar-refractivity contribution in [2.75, 3.05) is 0 Å². The van der Waals surface area contributed by atoms with Gasteiger partial charge in [-0.05, 0) is 30.7 Å². The van der Waals surface area contributed by atoms with Gasteiger partial charge in [-0.2, -0.15) is 0 Å². The van der Waals surface area contributed by atoms with Gasteiger partial charge in [-0.1, -0.05) is 6.07 Å². The van der Waals surface area contributed by atoms with Crippen molar-refractivity contribution in [3.8, 4) is 17.2 Å². The summed E-state index contributed by atoms with van der Waals surface area (Å²) in [4.78, 5) is 38.0. The van der Waals surface area contributed by atoms with Crippen LogP contribution >= 0.6 is 0 Å². The molecule has 0 spiro atoms. The van der Waals surface area contributed by atoms with Crippen LogP contribution in [0.3, 0.4) is 0 Å². The van der Waals surface area contributed by atoms with Crippen LogP contribution in [0.15, 0.2) is 41.6 Å². The maximum atomic E-state index is 13.1. The highest BCUT2D eigenvalue weighted by atomic mass is 16.3. The van der Waals surface area contributed by atoms with Crippen molar-refractivity contribution < 1.29 is 29.7 Å². The molecule has 0 bridgehead atoms. The number of Topliss-reactive ketones (excluding diaryl/α,β-unsaturated/α-hetero) is 3. The van der Waals surface area contributed by atoms with Crippen molar-refractivity contribution >= 4 is 17.3 Å². The van der Waals surface area contributed by atoms with Crippen molar-refractivity contribution in [2.45, 2.75) is 18.8 Å². The van der Waals surface area contributed by atoms with Crippen LogP contribution < -0.4 is 5.73 Å². The van der Waals surface area contributed by atoms with Crippen LogP contribution in [0.5, 0.6) is 17.2 Å². The maximum absolute atomic E-state index is 13.1. The first-order chi connectivity index (χ1) is 12.8. The third-order valence-electron chi connectivity index (χ3n) is 5.13. The van der Waals surface area contributed by atoms with Crippen LogP contribution in [0.2, 0.25) is 0 Å². The lowest BCUT2D eigenvalue weighted by molar-refractivity contribution is 0.0944. The van der Waals surface area contributed by atoms with E-state index in [0.717, 1.165) is 0 Å². The summed E-state index contributed by atoms with van der Waals surface area (Å²) >= 11 is 0. The fraction of sp³-hybridized carbons (Fsp3) is 0.150. The molecule has 2 aliphatic rings. The van der Waals surface area contributed by atoms with E-state index in [1.165, 1.54) is 30.3 Å². The highest BCUT2D eigenvalue weighted by molar-refractivity contribution is 6.28. The van der Waals surface area contributed by atoms with E-state index in [9.17, 15) is 29.7 Å². The van der Waals surface area contributed by atoms with Crippen molar-refractivity contribution in [1.82, 2.24) is 0 Å². The molecular weight excluding hydrogens is 350 g/mol. The van der Waals surface area contributed by atoms with Gasteiger partial charge in [0.05, 0.1) is 16.8 Å². The van der Waals surface area contributed by atoms with E-state index < -0.39 is 17.5 Å². The smallest absolute Gasteiger partial charge is 0.209 e. The summed E-state index contributed by atoms with van der Waals surface area (Å²) in [5, 5.41) is 30.5. The van der Waals surface area contributed by atoms with E-state index in [4.69, 9.17) is 5.73 Å². The van der Waals surface area contributed by atoms with Gasteiger partial charge in [0.2, 0.25) is 5.78 Å². The monoisotopic (exact) mass is 365 g/mol. The first kappa shape index (κ1) is 16.8. The minimum absolute atomic E-state index is 0.00786. The second kappa shape index (κ2) is 5.70. The van der Waals surface area contributed by atoms with Crippen LogP contribution in [0, 0.1) is 0 Å². The molecule has 7 heteroatoms. The third kappa shape index (κ3) is 2.25. The molecule has 0 saturated heterocycles. The Labute approximate surface area is 153 Å². The first-order valence-corrected chi connectivity index (χ1v) is 8.32. The van der Waals surface area contributed by atoms with Crippen molar-refractivity contribution in [3.63, 3.8) is 0 Å². The third-order valence-corrected chi connectivity index (χ3v) is 5.13. The molecule has 7 nitrogen and oxygen atoms in total. The molecule has 2 aromatic rings. The Morgan fingerprint density at radius 3 is 2.26 bits per heavy atom. The average molecular weight is 365 g/mol. The fourth-order valence-electron chi connectivity index (χ4n) is 3.91. The van der Waals surface area contributed by atoms with Crippen LogP contribution in [0.1, 0.15) is 55.4 Å². The van der Waals surface area contributed by atoms with Crippen LogP contribution in [-0.2, 0) is 0 Å². The van der Waals surface area contributed by atoms with Crippen LogP contribution in [-0.4, -0.2) is 32.7 Å². The summed E-state index contributed by atoms with van der Waals surface area (Å²) in [7, 11) is 0. The highest BCUT2D eigenvalue weighted by Gasteiger charge is 2.41. The molecule has 1 atom stereocenters. The van der Waals surface area contributed by atoms with Gasteiger partial charge in [0.1, 0.15) is 17.2 Å². The number of hydrogen-bond donors (Lipinski definition) is 4. The number of ketones is 3. The molecule has 0 fully saturated rings. The number of phenols is 3. The van der Waals surface area contributed by atoms with Gasteiger partial charge in [-0.15, -0.1) is 0 Å². The number of carbonyl (C=O) groups excluding carboxylic acids is 3. The molecule has 0 aliphatic heterocycles. The Hall–Kier alpha value is -3.61. The van der Waals surface area contributed by atoms with E-state index in [1.807, 2.05) is 0 Å². The Balaban J connectivity index is 1.97. The van der Waals surface area contributed by atoms with E-state index in [2.05, 4.69) is 0 Å². The van der Waals surface area contributed by atoms with Crippen LogP contribution in [0.4, 0.5) is 0 Å². The zero-order valence-corrected chi connectivity index (χ0v) is 14.0. The largest absolute Gasteiger partial charge is 0.508 e. The minimum atomic E-state index is -0.853. The van der Waals surface area contributed by atoms with Gasteiger partial charge >= 0.3 is 0 Å². The van der Waals surface area contributed by atoms with E-state index in [1.54, 1.807) is 0 Å².